The van der Waals surface area contributed by atoms with Crippen molar-refractivity contribution in [2.24, 2.45) is 5.73 Å². The zero-order valence-electron chi connectivity index (χ0n) is 9.28. The molecule has 0 atom stereocenters. The van der Waals surface area contributed by atoms with Crippen molar-refractivity contribution in [3.8, 4) is 0 Å². The SMILES string of the molecule is Cc1ccc(F)cc1Cn1cccc1CN. The first-order chi connectivity index (χ1) is 7.70. The van der Waals surface area contributed by atoms with Crippen molar-refractivity contribution in [3.63, 3.8) is 0 Å². The number of hydrogen-bond acceptors (Lipinski definition) is 1. The third kappa shape index (κ3) is 2.14. The van der Waals surface area contributed by atoms with Gasteiger partial charge in [0, 0.05) is 25.0 Å². The van der Waals surface area contributed by atoms with E-state index in [-0.39, 0.29) is 5.82 Å². The molecule has 0 bridgehead atoms. The zero-order chi connectivity index (χ0) is 11.5. The molecule has 1 aromatic heterocycles. The fourth-order valence-electron chi connectivity index (χ4n) is 1.78. The molecule has 0 saturated heterocycles. The van der Waals surface area contributed by atoms with Crippen molar-refractivity contribution < 1.29 is 4.39 Å². The minimum Gasteiger partial charge on any atom is -0.346 e. The predicted octanol–water partition coefficient (Wildman–Crippen LogP) is 2.44. The zero-order valence-corrected chi connectivity index (χ0v) is 9.28. The van der Waals surface area contributed by atoms with E-state index in [0.717, 1.165) is 16.8 Å². The quantitative estimate of drug-likeness (QED) is 0.842. The Morgan fingerprint density at radius 3 is 2.88 bits per heavy atom. The van der Waals surface area contributed by atoms with E-state index in [2.05, 4.69) is 0 Å². The molecule has 2 N–H and O–H groups in total. The highest BCUT2D eigenvalue weighted by Crippen LogP contribution is 2.13. The van der Waals surface area contributed by atoms with E-state index in [4.69, 9.17) is 5.73 Å². The van der Waals surface area contributed by atoms with Crippen LogP contribution in [0.4, 0.5) is 4.39 Å². The van der Waals surface area contributed by atoms with Gasteiger partial charge in [0.05, 0.1) is 0 Å². The monoisotopic (exact) mass is 218 g/mol. The molecule has 0 spiro atoms. The molecule has 2 rings (SSSR count). The van der Waals surface area contributed by atoms with Gasteiger partial charge in [-0.15, -0.1) is 0 Å². The van der Waals surface area contributed by atoms with Crippen LogP contribution in [0.25, 0.3) is 0 Å². The summed E-state index contributed by atoms with van der Waals surface area (Å²) in [5, 5.41) is 0. The highest BCUT2D eigenvalue weighted by Gasteiger charge is 2.03. The number of halogens is 1. The fourth-order valence-corrected chi connectivity index (χ4v) is 1.78. The average molecular weight is 218 g/mol. The van der Waals surface area contributed by atoms with Gasteiger partial charge in [0.25, 0.3) is 0 Å². The Balaban J connectivity index is 2.30. The summed E-state index contributed by atoms with van der Waals surface area (Å²) in [4.78, 5) is 0. The predicted molar refractivity (Wildman–Crippen MR) is 62.6 cm³/mol. The van der Waals surface area contributed by atoms with Gasteiger partial charge >= 0.3 is 0 Å². The van der Waals surface area contributed by atoms with E-state index in [1.165, 1.54) is 6.07 Å². The van der Waals surface area contributed by atoms with Crippen LogP contribution in [0.2, 0.25) is 0 Å². The van der Waals surface area contributed by atoms with Crippen LogP contribution < -0.4 is 5.73 Å². The van der Waals surface area contributed by atoms with Gasteiger partial charge in [0.2, 0.25) is 0 Å². The number of nitrogens with zero attached hydrogens (tertiary/aromatic N) is 1. The molecule has 0 aliphatic rings. The topological polar surface area (TPSA) is 30.9 Å². The highest BCUT2D eigenvalue weighted by molar-refractivity contribution is 5.27. The maximum Gasteiger partial charge on any atom is 0.123 e. The van der Waals surface area contributed by atoms with Gasteiger partial charge in [-0.25, -0.2) is 4.39 Å². The third-order valence-corrected chi connectivity index (χ3v) is 2.78. The van der Waals surface area contributed by atoms with Crippen LogP contribution in [0.3, 0.4) is 0 Å². The molecule has 0 aliphatic heterocycles. The van der Waals surface area contributed by atoms with Crippen LogP contribution in [0, 0.1) is 12.7 Å². The van der Waals surface area contributed by atoms with Crippen molar-refractivity contribution in [2.45, 2.75) is 20.0 Å². The van der Waals surface area contributed by atoms with Gasteiger partial charge in [-0.3, -0.25) is 0 Å². The summed E-state index contributed by atoms with van der Waals surface area (Å²) in [6.07, 6.45) is 1.96. The molecule has 16 heavy (non-hydrogen) atoms. The van der Waals surface area contributed by atoms with E-state index < -0.39 is 0 Å². The fraction of sp³-hybridized carbons (Fsp3) is 0.231. The Bertz CT molecular complexity index is 488. The number of benzene rings is 1. The number of aromatic nitrogens is 1. The average Bonchev–Trinajstić information content (AvgIpc) is 2.71. The Morgan fingerprint density at radius 2 is 2.12 bits per heavy atom. The van der Waals surface area contributed by atoms with E-state index in [1.807, 2.05) is 29.8 Å². The molecule has 0 saturated carbocycles. The molecule has 2 nitrogen and oxygen atoms in total. The van der Waals surface area contributed by atoms with Gasteiger partial charge in [-0.1, -0.05) is 6.07 Å². The van der Waals surface area contributed by atoms with Gasteiger partial charge in [0.1, 0.15) is 5.82 Å². The lowest BCUT2D eigenvalue weighted by Crippen LogP contribution is -2.08. The number of rotatable bonds is 3. The lowest BCUT2D eigenvalue weighted by molar-refractivity contribution is 0.621. The lowest BCUT2D eigenvalue weighted by Gasteiger charge is -2.10. The van der Waals surface area contributed by atoms with Crippen LogP contribution >= 0.6 is 0 Å². The van der Waals surface area contributed by atoms with Gasteiger partial charge in [0.15, 0.2) is 0 Å². The van der Waals surface area contributed by atoms with Gasteiger partial charge < -0.3 is 10.3 Å². The molecular formula is C13H15FN2. The van der Waals surface area contributed by atoms with Crippen LogP contribution in [0.15, 0.2) is 36.5 Å². The summed E-state index contributed by atoms with van der Waals surface area (Å²) in [6.45, 7) is 3.16. The molecule has 0 fully saturated rings. The molecule has 0 unspecified atom stereocenters. The molecule has 3 heteroatoms. The van der Waals surface area contributed by atoms with E-state index >= 15 is 0 Å². The molecule has 1 aromatic carbocycles. The van der Waals surface area contributed by atoms with Gasteiger partial charge in [-0.05, 0) is 42.3 Å². The van der Waals surface area contributed by atoms with Crippen LogP contribution in [-0.2, 0) is 13.1 Å². The summed E-state index contributed by atoms with van der Waals surface area (Å²) in [5.74, 6) is -0.193. The van der Waals surface area contributed by atoms with Crippen molar-refractivity contribution in [3.05, 3.63) is 59.2 Å². The number of nitrogens with two attached hydrogens (primary N) is 1. The van der Waals surface area contributed by atoms with Crippen LogP contribution in [0.5, 0.6) is 0 Å². The molecule has 2 aromatic rings. The maximum atomic E-state index is 13.1. The van der Waals surface area contributed by atoms with Gasteiger partial charge in [-0.2, -0.15) is 0 Å². The van der Waals surface area contributed by atoms with Crippen molar-refractivity contribution in [1.29, 1.82) is 0 Å². The first-order valence-corrected chi connectivity index (χ1v) is 5.30. The van der Waals surface area contributed by atoms with E-state index in [9.17, 15) is 4.39 Å². The first-order valence-electron chi connectivity index (χ1n) is 5.30. The largest absolute Gasteiger partial charge is 0.346 e. The summed E-state index contributed by atoms with van der Waals surface area (Å²) in [6, 6.07) is 8.80. The van der Waals surface area contributed by atoms with Crippen molar-refractivity contribution in [1.82, 2.24) is 4.57 Å². The normalized spacial score (nSPS) is 10.7. The second kappa shape index (κ2) is 4.49. The molecule has 0 aliphatic carbocycles. The third-order valence-electron chi connectivity index (χ3n) is 2.78. The van der Waals surface area contributed by atoms with Crippen molar-refractivity contribution >= 4 is 0 Å². The molecule has 1 heterocycles. The standard InChI is InChI=1S/C13H15FN2/c1-10-4-5-12(14)7-11(10)9-16-6-2-3-13(16)8-15/h2-7H,8-9,15H2,1H3. The summed E-state index contributed by atoms with van der Waals surface area (Å²) >= 11 is 0. The van der Waals surface area contributed by atoms with Crippen molar-refractivity contribution in [2.75, 3.05) is 0 Å². The molecule has 84 valence electrons. The molecule has 0 radical (unpaired) electrons. The Kier molecular flexibility index (Phi) is 3.06. The second-order valence-electron chi connectivity index (χ2n) is 3.90. The second-order valence-corrected chi connectivity index (χ2v) is 3.90. The number of hydrogen-bond donors (Lipinski definition) is 1. The maximum absolute atomic E-state index is 13.1. The number of aryl methyl sites for hydroxylation is 1. The first kappa shape index (κ1) is 10.9. The molecular weight excluding hydrogens is 203 g/mol. The minimum atomic E-state index is -0.193. The minimum absolute atomic E-state index is 0.193. The smallest absolute Gasteiger partial charge is 0.123 e. The van der Waals surface area contributed by atoms with E-state index in [0.29, 0.717) is 13.1 Å². The Hall–Kier alpha value is -1.61. The highest BCUT2D eigenvalue weighted by atomic mass is 19.1. The summed E-state index contributed by atoms with van der Waals surface area (Å²) < 4.78 is 15.2. The molecule has 0 amide bonds. The Morgan fingerprint density at radius 1 is 1.31 bits per heavy atom. The van der Waals surface area contributed by atoms with Crippen LogP contribution in [-0.4, -0.2) is 4.57 Å². The lowest BCUT2D eigenvalue weighted by atomic mass is 10.1. The van der Waals surface area contributed by atoms with Crippen LogP contribution in [0.1, 0.15) is 16.8 Å². The van der Waals surface area contributed by atoms with E-state index in [1.54, 1.807) is 12.1 Å². The summed E-state index contributed by atoms with van der Waals surface area (Å²) in [5.41, 5.74) is 8.77. The summed E-state index contributed by atoms with van der Waals surface area (Å²) in [7, 11) is 0. The Labute approximate surface area is 94.5 Å².